The van der Waals surface area contributed by atoms with Gasteiger partial charge in [-0.3, -0.25) is 19.9 Å². The molecule has 1 saturated heterocycles. The van der Waals surface area contributed by atoms with Crippen LogP contribution < -0.4 is 15.8 Å². The molecule has 34 heavy (non-hydrogen) atoms. The molecule has 1 aliphatic heterocycles. The molecular formula is C25H37FN4O4. The molecule has 2 aliphatic rings. The number of carbonyl (C=O) groups is 2. The number of carbonyl (C=O) groups excluding carboxylic acids is 2. The summed E-state index contributed by atoms with van der Waals surface area (Å²) in [5.41, 5.74) is 6.55. The zero-order valence-electron chi connectivity index (χ0n) is 20.0. The molecule has 3 rings (SSSR count). The summed E-state index contributed by atoms with van der Waals surface area (Å²) in [6, 6.07) is 3.55. The van der Waals surface area contributed by atoms with Crippen LogP contribution >= 0.6 is 0 Å². The molecule has 1 aliphatic carbocycles. The molecule has 0 radical (unpaired) electrons. The predicted octanol–water partition coefficient (Wildman–Crippen LogP) is 3.33. The van der Waals surface area contributed by atoms with E-state index >= 15 is 0 Å². The van der Waals surface area contributed by atoms with Gasteiger partial charge in [-0.1, -0.05) is 38.2 Å². The Morgan fingerprint density at radius 1 is 1.21 bits per heavy atom. The normalized spacial score (nSPS) is 18.2. The first-order chi connectivity index (χ1) is 16.4. The largest absolute Gasteiger partial charge is 0.494 e. The van der Waals surface area contributed by atoms with E-state index in [4.69, 9.17) is 20.6 Å². The molecule has 4 N–H and O–H groups in total. The van der Waals surface area contributed by atoms with Crippen LogP contribution in [0.15, 0.2) is 18.2 Å². The molecule has 0 spiro atoms. The molecule has 1 saturated carbocycles. The third kappa shape index (κ3) is 7.16. The van der Waals surface area contributed by atoms with E-state index in [1.54, 1.807) is 6.07 Å². The van der Waals surface area contributed by atoms with Crippen molar-refractivity contribution in [2.45, 2.75) is 70.4 Å². The first kappa shape index (κ1) is 25.9. The van der Waals surface area contributed by atoms with Gasteiger partial charge in [-0.25, -0.2) is 4.39 Å². The molecule has 1 aromatic rings. The number of nitrogens with zero attached hydrogens (tertiary/aromatic N) is 1. The lowest BCUT2D eigenvalue weighted by Gasteiger charge is -2.34. The average Bonchev–Trinajstić information content (AvgIpc) is 2.84. The first-order valence-electron chi connectivity index (χ1n) is 12.2. The van der Waals surface area contributed by atoms with Gasteiger partial charge in [0.2, 0.25) is 11.8 Å². The van der Waals surface area contributed by atoms with E-state index < -0.39 is 17.8 Å². The van der Waals surface area contributed by atoms with Crippen molar-refractivity contribution in [1.82, 2.24) is 10.2 Å². The Morgan fingerprint density at radius 3 is 2.56 bits per heavy atom. The number of halogens is 1. The van der Waals surface area contributed by atoms with Crippen molar-refractivity contribution in [2.75, 3.05) is 20.3 Å². The highest BCUT2D eigenvalue weighted by Crippen LogP contribution is 2.30. The van der Waals surface area contributed by atoms with E-state index in [1.165, 1.54) is 30.6 Å². The number of methoxy groups -OCH3 is 1. The number of nitrogens with one attached hydrogen (secondary N) is 2. The van der Waals surface area contributed by atoms with Gasteiger partial charge in [-0.15, -0.1) is 0 Å². The second kappa shape index (κ2) is 12.7. The van der Waals surface area contributed by atoms with Crippen LogP contribution in [0.3, 0.4) is 0 Å². The second-order valence-corrected chi connectivity index (χ2v) is 9.35. The fourth-order valence-electron chi connectivity index (χ4n) is 4.96. The Hall–Kier alpha value is -2.68. The molecule has 1 atom stereocenters. The van der Waals surface area contributed by atoms with Crippen LogP contribution in [-0.4, -0.2) is 49.0 Å². The molecule has 0 unspecified atom stereocenters. The van der Waals surface area contributed by atoms with Crippen LogP contribution in [-0.2, 0) is 20.9 Å². The lowest BCUT2D eigenvalue weighted by atomic mass is 9.84. The number of benzene rings is 1. The summed E-state index contributed by atoms with van der Waals surface area (Å²) in [6.45, 7) is 1.38. The van der Waals surface area contributed by atoms with Gasteiger partial charge in [0.25, 0.3) is 0 Å². The average molecular weight is 477 g/mol. The quantitative estimate of drug-likeness (QED) is 0.373. The zero-order chi connectivity index (χ0) is 24.5. The maximum absolute atomic E-state index is 13.7. The highest BCUT2D eigenvalue weighted by Gasteiger charge is 2.35. The van der Waals surface area contributed by atoms with Gasteiger partial charge in [-0.05, 0) is 48.8 Å². The number of rotatable bonds is 9. The summed E-state index contributed by atoms with van der Waals surface area (Å²) in [5.74, 6) is -0.974. The number of hydrogen-bond donors (Lipinski definition) is 3. The number of ether oxygens (including phenoxy) is 2. The summed E-state index contributed by atoms with van der Waals surface area (Å²) in [5, 5.41) is 11.0. The number of hydrogen-bond acceptors (Lipinski definition) is 5. The molecule has 0 bridgehead atoms. The molecule has 9 heteroatoms. The van der Waals surface area contributed by atoms with Crippen molar-refractivity contribution in [3.8, 4) is 5.75 Å². The fourth-order valence-corrected chi connectivity index (χ4v) is 4.96. The monoisotopic (exact) mass is 476 g/mol. The highest BCUT2D eigenvalue weighted by molar-refractivity contribution is 6.00. The number of nitrogens with two attached hydrogens (primary N) is 1. The number of guanidine groups is 1. The van der Waals surface area contributed by atoms with Crippen LogP contribution in [0.25, 0.3) is 0 Å². The third-order valence-corrected chi connectivity index (χ3v) is 6.91. The minimum absolute atomic E-state index is 0.0995. The standard InChI is InChI=1S/C25H37FN4O4/c1-33-22-14-19(7-8-20(22)26)16-29-24(32)21(13-17-5-3-2-4-6-17)30(25(27)28)23(31)15-18-9-11-34-12-10-18/h7-8,14,17-18,21H,2-6,9-13,15-16H2,1H3,(H3,27,28)(H,29,32)/t21-/m1/s1. The van der Waals surface area contributed by atoms with Gasteiger partial charge >= 0.3 is 0 Å². The molecule has 0 aromatic heterocycles. The Bertz CT molecular complexity index is 853. The summed E-state index contributed by atoms with van der Waals surface area (Å²) < 4.78 is 24.1. The molecule has 8 nitrogen and oxygen atoms in total. The minimum atomic E-state index is -0.852. The lowest BCUT2D eigenvalue weighted by molar-refractivity contribution is -0.138. The van der Waals surface area contributed by atoms with Crippen LogP contribution in [0.1, 0.15) is 63.4 Å². The maximum atomic E-state index is 13.7. The number of amides is 2. The minimum Gasteiger partial charge on any atom is -0.494 e. The van der Waals surface area contributed by atoms with Gasteiger partial charge in [-0.2, -0.15) is 0 Å². The van der Waals surface area contributed by atoms with E-state index in [-0.39, 0.29) is 36.4 Å². The van der Waals surface area contributed by atoms with Gasteiger partial charge in [0.15, 0.2) is 17.5 Å². The van der Waals surface area contributed by atoms with Gasteiger partial charge < -0.3 is 20.5 Å². The molecule has 188 valence electrons. The molecular weight excluding hydrogens is 439 g/mol. The van der Waals surface area contributed by atoms with Crippen LogP contribution in [0.5, 0.6) is 5.75 Å². The van der Waals surface area contributed by atoms with Crippen molar-refractivity contribution < 1.29 is 23.5 Å². The fraction of sp³-hybridized carbons (Fsp3) is 0.640. The molecule has 1 heterocycles. The molecule has 1 aromatic carbocycles. The third-order valence-electron chi connectivity index (χ3n) is 6.91. The SMILES string of the molecule is COc1cc(CNC(=O)[C@@H](CC2CCCCC2)N(C(=N)N)C(=O)CC2CCOCC2)ccc1F. The van der Waals surface area contributed by atoms with Gasteiger partial charge in [0.05, 0.1) is 7.11 Å². The highest BCUT2D eigenvalue weighted by atomic mass is 19.1. The van der Waals surface area contributed by atoms with Gasteiger partial charge in [0, 0.05) is 26.2 Å². The van der Waals surface area contributed by atoms with Crippen molar-refractivity contribution in [3.05, 3.63) is 29.6 Å². The summed E-state index contributed by atoms with van der Waals surface area (Å²) in [4.78, 5) is 27.8. The maximum Gasteiger partial charge on any atom is 0.243 e. The van der Waals surface area contributed by atoms with Gasteiger partial charge in [0.1, 0.15) is 6.04 Å². The van der Waals surface area contributed by atoms with E-state index in [0.29, 0.717) is 31.1 Å². The predicted molar refractivity (Wildman–Crippen MR) is 127 cm³/mol. The molecule has 2 amide bonds. The lowest BCUT2D eigenvalue weighted by Crippen LogP contribution is -2.55. The van der Waals surface area contributed by atoms with Crippen LogP contribution in [0, 0.1) is 23.1 Å². The summed E-state index contributed by atoms with van der Waals surface area (Å²) in [6.07, 6.45) is 7.66. The Morgan fingerprint density at radius 2 is 1.91 bits per heavy atom. The van der Waals surface area contributed by atoms with E-state index in [9.17, 15) is 14.0 Å². The van der Waals surface area contributed by atoms with Crippen molar-refractivity contribution >= 4 is 17.8 Å². The molecule has 2 fully saturated rings. The van der Waals surface area contributed by atoms with E-state index in [0.717, 1.165) is 38.5 Å². The van der Waals surface area contributed by atoms with E-state index in [1.807, 2.05) is 0 Å². The summed E-state index contributed by atoms with van der Waals surface area (Å²) >= 11 is 0. The second-order valence-electron chi connectivity index (χ2n) is 9.35. The first-order valence-corrected chi connectivity index (χ1v) is 12.2. The zero-order valence-corrected chi connectivity index (χ0v) is 20.0. The Balaban J connectivity index is 1.74. The summed E-state index contributed by atoms with van der Waals surface area (Å²) in [7, 11) is 1.38. The van der Waals surface area contributed by atoms with E-state index in [2.05, 4.69) is 5.32 Å². The smallest absolute Gasteiger partial charge is 0.243 e. The Labute approximate surface area is 200 Å². The van der Waals surface area contributed by atoms with Crippen LogP contribution in [0.4, 0.5) is 4.39 Å². The van der Waals surface area contributed by atoms with Crippen molar-refractivity contribution in [3.63, 3.8) is 0 Å². The van der Waals surface area contributed by atoms with Crippen molar-refractivity contribution in [1.29, 1.82) is 5.41 Å². The van der Waals surface area contributed by atoms with Crippen LogP contribution in [0.2, 0.25) is 0 Å². The topological polar surface area (TPSA) is 118 Å². The Kier molecular flexibility index (Phi) is 9.68. The van der Waals surface area contributed by atoms with Crippen molar-refractivity contribution in [2.24, 2.45) is 17.6 Å².